The van der Waals surface area contributed by atoms with Gasteiger partial charge in [-0.2, -0.15) is 0 Å². The summed E-state index contributed by atoms with van der Waals surface area (Å²) in [6, 6.07) is 3.69. The molecule has 70 valence electrons. The molecule has 13 heavy (non-hydrogen) atoms. The van der Waals surface area contributed by atoms with E-state index < -0.39 is 11.6 Å². The quantitative estimate of drug-likeness (QED) is 0.650. The monoisotopic (exact) mass is 184 g/mol. The molecule has 0 aliphatic carbocycles. The number of rotatable bonds is 1. The van der Waals surface area contributed by atoms with E-state index in [-0.39, 0.29) is 5.41 Å². The van der Waals surface area contributed by atoms with Crippen molar-refractivity contribution < 1.29 is 13.5 Å². The zero-order valence-corrected chi connectivity index (χ0v) is 7.31. The largest absolute Gasteiger partial charge is 0.379 e. The van der Waals surface area contributed by atoms with Crippen LogP contribution in [-0.2, 0) is 10.2 Å². The molecule has 0 N–H and O–H groups in total. The molecule has 1 heterocycles. The van der Waals surface area contributed by atoms with Gasteiger partial charge in [-0.15, -0.1) is 0 Å². The first-order valence-electron chi connectivity index (χ1n) is 4.15. The number of halogens is 2. The van der Waals surface area contributed by atoms with Crippen molar-refractivity contribution in [2.45, 2.75) is 12.3 Å². The zero-order valence-electron chi connectivity index (χ0n) is 7.31. The van der Waals surface area contributed by atoms with Crippen LogP contribution in [-0.4, -0.2) is 13.2 Å². The van der Waals surface area contributed by atoms with Gasteiger partial charge in [-0.3, -0.25) is 0 Å². The number of hydrogen-bond acceptors (Lipinski definition) is 1. The van der Waals surface area contributed by atoms with Crippen LogP contribution in [0.3, 0.4) is 0 Å². The van der Waals surface area contributed by atoms with Crippen LogP contribution < -0.4 is 0 Å². The molecule has 0 atom stereocenters. The van der Waals surface area contributed by atoms with Gasteiger partial charge in [0.15, 0.2) is 0 Å². The Morgan fingerprint density at radius 2 is 2.00 bits per heavy atom. The molecular formula is C10H10F2O. The summed E-state index contributed by atoms with van der Waals surface area (Å²) < 4.78 is 30.9. The second kappa shape index (κ2) is 2.77. The predicted octanol–water partition coefficient (Wildman–Crippen LogP) is 2.25. The summed E-state index contributed by atoms with van der Waals surface area (Å²) in [5.74, 6) is -1.02. The Kier molecular flexibility index (Phi) is 1.84. The summed E-state index contributed by atoms with van der Waals surface area (Å²) in [7, 11) is 0. The third-order valence-corrected chi connectivity index (χ3v) is 2.42. The molecule has 1 nitrogen and oxygen atoms in total. The molecule has 2 rings (SSSR count). The molecule has 3 heteroatoms. The van der Waals surface area contributed by atoms with E-state index in [0.717, 1.165) is 6.07 Å². The normalized spacial score (nSPS) is 19.6. The fourth-order valence-corrected chi connectivity index (χ4v) is 1.54. The molecule has 0 saturated carbocycles. The average Bonchev–Trinajstić information content (AvgIpc) is 2.00. The SMILES string of the molecule is CC1(c2ccc(F)cc2F)COC1. The molecule has 1 fully saturated rings. The summed E-state index contributed by atoms with van der Waals surface area (Å²) in [6.07, 6.45) is 0. The lowest BCUT2D eigenvalue weighted by molar-refractivity contribution is -0.0516. The molecule has 0 amide bonds. The van der Waals surface area contributed by atoms with Gasteiger partial charge in [-0.25, -0.2) is 8.78 Å². The Balaban J connectivity index is 2.40. The Hall–Kier alpha value is -0.960. The maximum absolute atomic E-state index is 13.3. The molecule has 1 saturated heterocycles. The summed E-state index contributed by atoms with van der Waals surface area (Å²) in [6.45, 7) is 2.93. The minimum absolute atomic E-state index is 0.266. The minimum atomic E-state index is -0.537. The fraction of sp³-hybridized carbons (Fsp3) is 0.400. The summed E-state index contributed by atoms with van der Waals surface area (Å²) >= 11 is 0. The van der Waals surface area contributed by atoms with Crippen LogP contribution in [0, 0.1) is 11.6 Å². The number of ether oxygens (including phenoxy) is 1. The number of benzene rings is 1. The third-order valence-electron chi connectivity index (χ3n) is 2.42. The van der Waals surface area contributed by atoms with Crippen LogP contribution in [0.4, 0.5) is 8.78 Å². The summed E-state index contributed by atoms with van der Waals surface area (Å²) in [5, 5.41) is 0. The van der Waals surface area contributed by atoms with Crippen molar-refractivity contribution in [3.63, 3.8) is 0 Å². The first-order valence-corrected chi connectivity index (χ1v) is 4.15. The minimum Gasteiger partial charge on any atom is -0.379 e. The second-order valence-corrected chi connectivity index (χ2v) is 3.68. The van der Waals surface area contributed by atoms with Crippen molar-refractivity contribution in [1.82, 2.24) is 0 Å². The van der Waals surface area contributed by atoms with Crippen LogP contribution in [0.5, 0.6) is 0 Å². The van der Waals surface area contributed by atoms with E-state index in [4.69, 9.17) is 4.74 Å². The highest BCUT2D eigenvalue weighted by Gasteiger charge is 2.37. The van der Waals surface area contributed by atoms with Crippen LogP contribution in [0.1, 0.15) is 12.5 Å². The summed E-state index contributed by atoms with van der Waals surface area (Å²) in [4.78, 5) is 0. The highest BCUT2D eigenvalue weighted by Crippen LogP contribution is 2.33. The fourth-order valence-electron chi connectivity index (χ4n) is 1.54. The average molecular weight is 184 g/mol. The van der Waals surface area contributed by atoms with Crippen LogP contribution in [0.2, 0.25) is 0 Å². The van der Waals surface area contributed by atoms with E-state index in [0.29, 0.717) is 18.8 Å². The van der Waals surface area contributed by atoms with Gasteiger partial charge in [0.2, 0.25) is 0 Å². The van der Waals surface area contributed by atoms with E-state index in [1.54, 1.807) is 0 Å². The maximum atomic E-state index is 13.3. The standard InChI is InChI=1S/C10H10F2O/c1-10(5-13-6-10)8-3-2-7(11)4-9(8)12/h2-4H,5-6H2,1H3. The highest BCUT2D eigenvalue weighted by molar-refractivity contribution is 5.28. The topological polar surface area (TPSA) is 9.23 Å². The van der Waals surface area contributed by atoms with Gasteiger partial charge in [0.25, 0.3) is 0 Å². The zero-order chi connectivity index (χ0) is 9.47. The third kappa shape index (κ3) is 1.33. The van der Waals surface area contributed by atoms with Crippen molar-refractivity contribution in [1.29, 1.82) is 0 Å². The molecule has 0 unspecified atom stereocenters. The first-order chi connectivity index (χ1) is 6.12. The summed E-state index contributed by atoms with van der Waals surface area (Å²) in [5.41, 5.74) is 0.276. The van der Waals surface area contributed by atoms with Gasteiger partial charge in [0.1, 0.15) is 11.6 Å². The molecular weight excluding hydrogens is 174 g/mol. The van der Waals surface area contributed by atoms with E-state index in [1.807, 2.05) is 6.92 Å². The van der Waals surface area contributed by atoms with E-state index in [2.05, 4.69) is 0 Å². The molecule has 0 bridgehead atoms. The van der Waals surface area contributed by atoms with Gasteiger partial charge in [-0.1, -0.05) is 13.0 Å². The Morgan fingerprint density at radius 3 is 2.46 bits per heavy atom. The highest BCUT2D eigenvalue weighted by atomic mass is 19.1. The van der Waals surface area contributed by atoms with Crippen LogP contribution in [0.15, 0.2) is 18.2 Å². The van der Waals surface area contributed by atoms with E-state index >= 15 is 0 Å². The lowest BCUT2D eigenvalue weighted by Crippen LogP contribution is -2.44. The van der Waals surface area contributed by atoms with E-state index in [1.165, 1.54) is 12.1 Å². The van der Waals surface area contributed by atoms with E-state index in [9.17, 15) is 8.78 Å². The van der Waals surface area contributed by atoms with Crippen molar-refractivity contribution in [2.24, 2.45) is 0 Å². The van der Waals surface area contributed by atoms with Gasteiger partial charge >= 0.3 is 0 Å². The first kappa shape index (κ1) is 8.63. The van der Waals surface area contributed by atoms with Crippen LogP contribution in [0.25, 0.3) is 0 Å². The Morgan fingerprint density at radius 1 is 1.31 bits per heavy atom. The number of hydrogen-bond donors (Lipinski definition) is 0. The Bertz CT molecular complexity index is 332. The lowest BCUT2D eigenvalue weighted by Gasteiger charge is -2.38. The smallest absolute Gasteiger partial charge is 0.130 e. The Labute approximate surface area is 75.3 Å². The molecule has 1 aromatic rings. The molecule has 1 aliphatic rings. The van der Waals surface area contributed by atoms with Gasteiger partial charge in [0.05, 0.1) is 13.2 Å². The van der Waals surface area contributed by atoms with Gasteiger partial charge in [-0.05, 0) is 11.6 Å². The van der Waals surface area contributed by atoms with Gasteiger partial charge in [0, 0.05) is 11.5 Å². The lowest BCUT2D eigenvalue weighted by atomic mass is 9.80. The second-order valence-electron chi connectivity index (χ2n) is 3.68. The van der Waals surface area contributed by atoms with Crippen molar-refractivity contribution >= 4 is 0 Å². The van der Waals surface area contributed by atoms with Gasteiger partial charge < -0.3 is 4.74 Å². The molecule has 1 aromatic carbocycles. The molecule has 1 aliphatic heterocycles. The molecule has 0 aromatic heterocycles. The van der Waals surface area contributed by atoms with Crippen molar-refractivity contribution in [3.05, 3.63) is 35.4 Å². The maximum Gasteiger partial charge on any atom is 0.130 e. The molecule has 0 spiro atoms. The predicted molar refractivity (Wildman–Crippen MR) is 44.5 cm³/mol. The van der Waals surface area contributed by atoms with Crippen molar-refractivity contribution in [3.8, 4) is 0 Å². The van der Waals surface area contributed by atoms with Crippen LogP contribution >= 0.6 is 0 Å². The van der Waals surface area contributed by atoms with Crippen molar-refractivity contribution in [2.75, 3.05) is 13.2 Å². The molecule has 0 radical (unpaired) electrons.